The van der Waals surface area contributed by atoms with Gasteiger partial charge in [0.25, 0.3) is 5.91 Å². The predicted molar refractivity (Wildman–Crippen MR) is 87.8 cm³/mol. The number of hydrogen-bond donors (Lipinski definition) is 1. The van der Waals surface area contributed by atoms with Crippen LogP contribution in [0.5, 0.6) is 0 Å². The summed E-state index contributed by atoms with van der Waals surface area (Å²) < 4.78 is 0.881. The van der Waals surface area contributed by atoms with Gasteiger partial charge in [-0.05, 0) is 48.0 Å². The molecule has 0 unspecified atom stereocenters. The lowest BCUT2D eigenvalue weighted by molar-refractivity contribution is -0.112. The minimum atomic E-state index is -0.459. The Hall–Kier alpha value is -2.09. The number of nitrogens with zero attached hydrogens (tertiary/aromatic N) is 1. The van der Waals surface area contributed by atoms with Crippen LogP contribution >= 0.6 is 27.5 Å². The SMILES string of the molecule is N#C/C(=C\c1cccc(Br)c1)C(=O)Nc1ccc(Cl)cc1. The van der Waals surface area contributed by atoms with Gasteiger partial charge in [-0.2, -0.15) is 5.26 Å². The fraction of sp³-hybridized carbons (Fsp3) is 0. The molecule has 0 fully saturated rings. The van der Waals surface area contributed by atoms with E-state index < -0.39 is 5.91 Å². The molecule has 0 aromatic heterocycles. The van der Waals surface area contributed by atoms with E-state index in [0.717, 1.165) is 10.0 Å². The predicted octanol–water partition coefficient (Wildman–Crippen LogP) is 4.65. The van der Waals surface area contributed by atoms with Crippen LogP contribution < -0.4 is 5.32 Å². The number of nitriles is 1. The minimum absolute atomic E-state index is 0.0306. The fourth-order valence-corrected chi connectivity index (χ4v) is 2.19. The lowest BCUT2D eigenvalue weighted by Crippen LogP contribution is -2.13. The second-order valence-electron chi connectivity index (χ2n) is 4.19. The van der Waals surface area contributed by atoms with Gasteiger partial charge in [-0.1, -0.05) is 39.7 Å². The summed E-state index contributed by atoms with van der Waals surface area (Å²) in [5, 5.41) is 12.4. The van der Waals surface area contributed by atoms with Crippen LogP contribution in [0.25, 0.3) is 6.08 Å². The van der Waals surface area contributed by atoms with E-state index in [1.807, 2.05) is 30.3 Å². The molecule has 5 heteroatoms. The molecule has 2 aromatic carbocycles. The topological polar surface area (TPSA) is 52.9 Å². The Morgan fingerprint density at radius 2 is 1.95 bits per heavy atom. The number of anilines is 1. The van der Waals surface area contributed by atoms with Crippen LogP contribution in [0, 0.1) is 11.3 Å². The van der Waals surface area contributed by atoms with Crippen molar-refractivity contribution >= 4 is 45.2 Å². The van der Waals surface area contributed by atoms with E-state index in [4.69, 9.17) is 16.9 Å². The molecule has 0 aliphatic carbocycles. The van der Waals surface area contributed by atoms with Crippen LogP contribution in [-0.2, 0) is 4.79 Å². The first-order chi connectivity index (χ1) is 10.1. The highest BCUT2D eigenvalue weighted by Gasteiger charge is 2.09. The van der Waals surface area contributed by atoms with Gasteiger partial charge < -0.3 is 5.32 Å². The number of amides is 1. The lowest BCUT2D eigenvalue weighted by Gasteiger charge is -2.04. The van der Waals surface area contributed by atoms with Gasteiger partial charge in [-0.15, -0.1) is 0 Å². The van der Waals surface area contributed by atoms with Crippen molar-refractivity contribution < 1.29 is 4.79 Å². The van der Waals surface area contributed by atoms with Gasteiger partial charge in [0.15, 0.2) is 0 Å². The van der Waals surface area contributed by atoms with E-state index in [-0.39, 0.29) is 5.57 Å². The molecule has 0 radical (unpaired) electrons. The highest BCUT2D eigenvalue weighted by molar-refractivity contribution is 9.10. The second kappa shape index (κ2) is 7.07. The molecule has 0 saturated carbocycles. The second-order valence-corrected chi connectivity index (χ2v) is 5.54. The Bertz CT molecular complexity index is 733. The van der Waals surface area contributed by atoms with Crippen molar-refractivity contribution in [3.8, 4) is 6.07 Å². The van der Waals surface area contributed by atoms with Crippen molar-refractivity contribution in [1.29, 1.82) is 5.26 Å². The third kappa shape index (κ3) is 4.45. The summed E-state index contributed by atoms with van der Waals surface area (Å²) in [6.45, 7) is 0. The third-order valence-corrected chi connectivity index (χ3v) is 3.37. The summed E-state index contributed by atoms with van der Waals surface area (Å²) in [5.74, 6) is -0.459. The number of carbonyl (C=O) groups is 1. The summed E-state index contributed by atoms with van der Waals surface area (Å²) in [7, 11) is 0. The van der Waals surface area contributed by atoms with Crippen LogP contribution in [0.2, 0.25) is 5.02 Å². The van der Waals surface area contributed by atoms with Crippen LogP contribution in [0.15, 0.2) is 58.6 Å². The van der Waals surface area contributed by atoms with Crippen molar-refractivity contribution in [1.82, 2.24) is 0 Å². The maximum atomic E-state index is 12.1. The van der Waals surface area contributed by atoms with Gasteiger partial charge in [0.2, 0.25) is 0 Å². The largest absolute Gasteiger partial charge is 0.321 e. The third-order valence-electron chi connectivity index (χ3n) is 2.63. The Kier molecular flexibility index (Phi) is 5.15. The zero-order valence-corrected chi connectivity index (χ0v) is 13.1. The van der Waals surface area contributed by atoms with Gasteiger partial charge >= 0.3 is 0 Å². The molecule has 3 nitrogen and oxygen atoms in total. The molecule has 0 saturated heterocycles. The average Bonchev–Trinajstić information content (AvgIpc) is 2.47. The zero-order valence-electron chi connectivity index (χ0n) is 10.8. The van der Waals surface area contributed by atoms with E-state index in [1.165, 1.54) is 6.08 Å². The highest BCUT2D eigenvalue weighted by Crippen LogP contribution is 2.17. The van der Waals surface area contributed by atoms with Gasteiger partial charge in [0.1, 0.15) is 11.6 Å². The first-order valence-electron chi connectivity index (χ1n) is 6.03. The molecule has 104 valence electrons. The maximum Gasteiger partial charge on any atom is 0.266 e. The Morgan fingerprint density at radius 1 is 1.24 bits per heavy atom. The van der Waals surface area contributed by atoms with Crippen molar-refractivity contribution in [2.75, 3.05) is 5.32 Å². The molecule has 1 N–H and O–H groups in total. The van der Waals surface area contributed by atoms with Crippen LogP contribution in [-0.4, -0.2) is 5.91 Å². The molecule has 0 spiro atoms. The Morgan fingerprint density at radius 3 is 2.57 bits per heavy atom. The first kappa shape index (κ1) is 15.3. The fourth-order valence-electron chi connectivity index (χ4n) is 1.64. The first-order valence-corrected chi connectivity index (χ1v) is 7.20. The summed E-state index contributed by atoms with van der Waals surface area (Å²) in [5.41, 5.74) is 1.38. The summed E-state index contributed by atoms with van der Waals surface area (Å²) >= 11 is 9.13. The van der Waals surface area contributed by atoms with Gasteiger partial charge in [-0.3, -0.25) is 4.79 Å². The van der Waals surface area contributed by atoms with Gasteiger partial charge in [-0.25, -0.2) is 0 Å². The summed E-state index contributed by atoms with van der Waals surface area (Å²) in [4.78, 5) is 12.1. The minimum Gasteiger partial charge on any atom is -0.321 e. The highest BCUT2D eigenvalue weighted by atomic mass is 79.9. The zero-order chi connectivity index (χ0) is 15.2. The van der Waals surface area contributed by atoms with E-state index >= 15 is 0 Å². The Labute approximate surface area is 136 Å². The Balaban J connectivity index is 2.19. The van der Waals surface area contributed by atoms with Gasteiger partial charge in [0.05, 0.1) is 0 Å². The van der Waals surface area contributed by atoms with E-state index in [2.05, 4.69) is 21.2 Å². The molecule has 2 aromatic rings. The number of nitrogens with one attached hydrogen (secondary N) is 1. The van der Waals surface area contributed by atoms with E-state index in [0.29, 0.717) is 10.7 Å². The molecule has 0 bridgehead atoms. The van der Waals surface area contributed by atoms with Crippen molar-refractivity contribution in [3.63, 3.8) is 0 Å². The molecular formula is C16H10BrClN2O. The molecule has 0 aliphatic rings. The molecule has 0 heterocycles. The molecule has 1 amide bonds. The van der Waals surface area contributed by atoms with Crippen molar-refractivity contribution in [2.45, 2.75) is 0 Å². The number of rotatable bonds is 3. The quantitative estimate of drug-likeness (QED) is 0.639. The normalized spacial score (nSPS) is 10.8. The average molecular weight is 362 g/mol. The number of benzene rings is 2. The monoisotopic (exact) mass is 360 g/mol. The van der Waals surface area contributed by atoms with Crippen LogP contribution in [0.1, 0.15) is 5.56 Å². The summed E-state index contributed by atoms with van der Waals surface area (Å²) in [6, 6.07) is 15.9. The molecule has 0 atom stereocenters. The van der Waals surface area contributed by atoms with E-state index in [9.17, 15) is 4.79 Å². The number of carbonyl (C=O) groups excluding carboxylic acids is 1. The molecular weight excluding hydrogens is 352 g/mol. The molecule has 21 heavy (non-hydrogen) atoms. The molecule has 2 rings (SSSR count). The van der Waals surface area contributed by atoms with Gasteiger partial charge in [0, 0.05) is 15.2 Å². The van der Waals surface area contributed by atoms with Crippen LogP contribution in [0.3, 0.4) is 0 Å². The van der Waals surface area contributed by atoms with Crippen LogP contribution in [0.4, 0.5) is 5.69 Å². The summed E-state index contributed by atoms with van der Waals surface area (Å²) in [6.07, 6.45) is 1.54. The smallest absolute Gasteiger partial charge is 0.266 e. The lowest BCUT2D eigenvalue weighted by atomic mass is 10.1. The van der Waals surface area contributed by atoms with Crippen molar-refractivity contribution in [2.24, 2.45) is 0 Å². The van der Waals surface area contributed by atoms with E-state index in [1.54, 1.807) is 24.3 Å². The number of hydrogen-bond acceptors (Lipinski definition) is 2. The van der Waals surface area contributed by atoms with Crippen molar-refractivity contribution in [3.05, 3.63) is 69.2 Å². The maximum absolute atomic E-state index is 12.1. The number of halogens is 2. The molecule has 0 aliphatic heterocycles. The standard InChI is InChI=1S/C16H10BrClN2O/c17-13-3-1-2-11(9-13)8-12(10-19)16(21)20-15-6-4-14(18)5-7-15/h1-9H,(H,20,21)/b12-8+.